The van der Waals surface area contributed by atoms with Crippen molar-refractivity contribution in [2.75, 3.05) is 7.05 Å². The minimum atomic E-state index is 0.534. The average molecular weight is 197 g/mol. The molecule has 1 rings (SSSR count). The Kier molecular flexibility index (Phi) is 3.94. The maximum atomic E-state index is 3.38. The highest BCUT2D eigenvalue weighted by atomic mass is 32.1. The molecule has 1 aromatic heterocycles. The van der Waals surface area contributed by atoms with Gasteiger partial charge in [-0.1, -0.05) is 13.8 Å². The standard InChI is InChI=1S/C11H19NS/c1-8(2)5-11(12-4)10-7-13-6-9(10)3/h6-8,11-12H,5H2,1-4H3. The third-order valence-electron chi connectivity index (χ3n) is 2.33. The van der Waals surface area contributed by atoms with Gasteiger partial charge in [0.15, 0.2) is 0 Å². The predicted molar refractivity (Wildman–Crippen MR) is 60.3 cm³/mol. The summed E-state index contributed by atoms with van der Waals surface area (Å²) in [7, 11) is 2.05. The monoisotopic (exact) mass is 197 g/mol. The Labute approximate surface area is 85.2 Å². The van der Waals surface area contributed by atoms with Gasteiger partial charge >= 0.3 is 0 Å². The van der Waals surface area contributed by atoms with Crippen molar-refractivity contribution in [3.05, 3.63) is 21.9 Å². The SMILES string of the molecule is CNC(CC(C)C)c1cscc1C. The fourth-order valence-electron chi connectivity index (χ4n) is 1.60. The molecule has 1 aromatic rings. The molecule has 0 aliphatic rings. The van der Waals surface area contributed by atoms with Gasteiger partial charge in [-0.3, -0.25) is 0 Å². The number of rotatable bonds is 4. The Balaban J connectivity index is 2.72. The molecule has 1 nitrogen and oxygen atoms in total. The van der Waals surface area contributed by atoms with Gasteiger partial charge in [-0.25, -0.2) is 0 Å². The van der Waals surface area contributed by atoms with E-state index in [2.05, 4.69) is 36.8 Å². The third kappa shape index (κ3) is 2.82. The summed E-state index contributed by atoms with van der Waals surface area (Å²) in [5, 5.41) is 7.87. The molecule has 74 valence electrons. The first kappa shape index (κ1) is 10.7. The van der Waals surface area contributed by atoms with Gasteiger partial charge in [-0.15, -0.1) is 0 Å². The first-order chi connectivity index (χ1) is 6.15. The van der Waals surface area contributed by atoms with Gasteiger partial charge in [0.2, 0.25) is 0 Å². The van der Waals surface area contributed by atoms with Crippen molar-refractivity contribution < 1.29 is 0 Å². The summed E-state index contributed by atoms with van der Waals surface area (Å²) in [6.07, 6.45) is 1.22. The van der Waals surface area contributed by atoms with E-state index >= 15 is 0 Å². The van der Waals surface area contributed by atoms with Gasteiger partial charge in [-0.05, 0) is 48.2 Å². The maximum absolute atomic E-state index is 3.38. The van der Waals surface area contributed by atoms with Crippen molar-refractivity contribution in [3.8, 4) is 0 Å². The fourth-order valence-corrected chi connectivity index (χ4v) is 2.50. The van der Waals surface area contributed by atoms with Crippen LogP contribution in [-0.4, -0.2) is 7.05 Å². The largest absolute Gasteiger partial charge is 0.313 e. The highest BCUT2D eigenvalue weighted by molar-refractivity contribution is 7.08. The van der Waals surface area contributed by atoms with Crippen LogP contribution in [0.15, 0.2) is 10.8 Å². The summed E-state index contributed by atoms with van der Waals surface area (Å²) in [5.74, 6) is 0.747. The minimum Gasteiger partial charge on any atom is -0.313 e. The lowest BCUT2D eigenvalue weighted by atomic mass is 9.97. The second-order valence-corrected chi connectivity index (χ2v) is 4.72. The molecule has 13 heavy (non-hydrogen) atoms. The van der Waals surface area contributed by atoms with Crippen molar-refractivity contribution in [2.24, 2.45) is 5.92 Å². The normalized spacial score (nSPS) is 13.6. The molecule has 1 heterocycles. The topological polar surface area (TPSA) is 12.0 Å². The van der Waals surface area contributed by atoms with Crippen LogP contribution < -0.4 is 5.32 Å². The van der Waals surface area contributed by atoms with E-state index < -0.39 is 0 Å². The lowest BCUT2D eigenvalue weighted by Crippen LogP contribution is -2.18. The van der Waals surface area contributed by atoms with Crippen molar-refractivity contribution >= 4 is 11.3 Å². The van der Waals surface area contributed by atoms with Crippen LogP contribution in [0.5, 0.6) is 0 Å². The molecule has 1 N–H and O–H groups in total. The van der Waals surface area contributed by atoms with Crippen LogP contribution in [0.3, 0.4) is 0 Å². The molecule has 0 radical (unpaired) electrons. The summed E-state index contributed by atoms with van der Waals surface area (Å²) >= 11 is 1.80. The van der Waals surface area contributed by atoms with Crippen LogP contribution in [0.2, 0.25) is 0 Å². The average Bonchev–Trinajstić information content (AvgIpc) is 2.47. The van der Waals surface area contributed by atoms with E-state index in [0.29, 0.717) is 6.04 Å². The summed E-state index contributed by atoms with van der Waals surface area (Å²) in [5.41, 5.74) is 2.89. The van der Waals surface area contributed by atoms with Crippen molar-refractivity contribution in [1.82, 2.24) is 5.32 Å². The second kappa shape index (κ2) is 4.77. The van der Waals surface area contributed by atoms with Crippen molar-refractivity contribution in [1.29, 1.82) is 0 Å². The molecule has 1 unspecified atom stereocenters. The first-order valence-electron chi connectivity index (χ1n) is 4.85. The number of thiophene rings is 1. The van der Waals surface area contributed by atoms with Gasteiger partial charge in [0.05, 0.1) is 0 Å². The molecule has 0 spiro atoms. The van der Waals surface area contributed by atoms with Crippen LogP contribution in [0, 0.1) is 12.8 Å². The van der Waals surface area contributed by atoms with Crippen LogP contribution in [0.4, 0.5) is 0 Å². The van der Waals surface area contributed by atoms with E-state index in [4.69, 9.17) is 0 Å². The van der Waals surface area contributed by atoms with Crippen LogP contribution >= 0.6 is 11.3 Å². The summed E-state index contributed by atoms with van der Waals surface area (Å²) in [4.78, 5) is 0. The lowest BCUT2D eigenvalue weighted by molar-refractivity contribution is 0.456. The summed E-state index contributed by atoms with van der Waals surface area (Å²) in [6, 6.07) is 0.534. The third-order valence-corrected chi connectivity index (χ3v) is 3.21. The molecule has 0 amide bonds. The van der Waals surface area contributed by atoms with Crippen molar-refractivity contribution in [3.63, 3.8) is 0 Å². The van der Waals surface area contributed by atoms with E-state index in [1.807, 2.05) is 7.05 Å². The highest BCUT2D eigenvalue weighted by Crippen LogP contribution is 2.26. The maximum Gasteiger partial charge on any atom is 0.0330 e. The Bertz CT molecular complexity index is 252. The van der Waals surface area contributed by atoms with E-state index in [-0.39, 0.29) is 0 Å². The molecular formula is C11H19NS. The van der Waals surface area contributed by atoms with Gasteiger partial charge in [0.1, 0.15) is 0 Å². The van der Waals surface area contributed by atoms with E-state index in [1.165, 1.54) is 17.5 Å². The number of hydrogen-bond donors (Lipinski definition) is 1. The summed E-state index contributed by atoms with van der Waals surface area (Å²) in [6.45, 7) is 6.73. The molecule has 0 saturated carbocycles. The Hall–Kier alpha value is -0.340. The first-order valence-corrected chi connectivity index (χ1v) is 5.79. The molecule has 1 atom stereocenters. The zero-order chi connectivity index (χ0) is 9.84. The van der Waals surface area contributed by atoms with Crippen LogP contribution in [0.1, 0.15) is 37.4 Å². The van der Waals surface area contributed by atoms with Gasteiger partial charge < -0.3 is 5.32 Å². The fraction of sp³-hybridized carbons (Fsp3) is 0.636. The molecule has 0 aromatic carbocycles. The Morgan fingerprint density at radius 2 is 2.08 bits per heavy atom. The smallest absolute Gasteiger partial charge is 0.0330 e. The zero-order valence-corrected chi connectivity index (χ0v) is 9.74. The number of aryl methyl sites for hydroxylation is 1. The highest BCUT2D eigenvalue weighted by Gasteiger charge is 2.13. The van der Waals surface area contributed by atoms with E-state index in [9.17, 15) is 0 Å². The Morgan fingerprint density at radius 1 is 1.38 bits per heavy atom. The molecule has 2 heteroatoms. The van der Waals surface area contributed by atoms with E-state index in [1.54, 1.807) is 11.3 Å². The Morgan fingerprint density at radius 3 is 2.46 bits per heavy atom. The summed E-state index contributed by atoms with van der Waals surface area (Å²) < 4.78 is 0. The van der Waals surface area contributed by atoms with Gasteiger partial charge in [0, 0.05) is 6.04 Å². The number of hydrogen-bond acceptors (Lipinski definition) is 2. The molecular weight excluding hydrogens is 178 g/mol. The predicted octanol–water partition coefficient (Wildman–Crippen LogP) is 3.36. The molecule has 0 fully saturated rings. The van der Waals surface area contributed by atoms with Gasteiger partial charge in [0.25, 0.3) is 0 Å². The lowest BCUT2D eigenvalue weighted by Gasteiger charge is -2.18. The minimum absolute atomic E-state index is 0.534. The molecule has 0 saturated heterocycles. The quantitative estimate of drug-likeness (QED) is 0.780. The van der Waals surface area contributed by atoms with E-state index in [0.717, 1.165) is 5.92 Å². The molecule has 0 aliphatic heterocycles. The molecule has 0 bridgehead atoms. The van der Waals surface area contributed by atoms with Crippen LogP contribution in [-0.2, 0) is 0 Å². The van der Waals surface area contributed by atoms with Gasteiger partial charge in [-0.2, -0.15) is 11.3 Å². The van der Waals surface area contributed by atoms with Crippen LogP contribution in [0.25, 0.3) is 0 Å². The number of nitrogens with one attached hydrogen (secondary N) is 1. The second-order valence-electron chi connectivity index (χ2n) is 3.98. The zero-order valence-electron chi connectivity index (χ0n) is 8.92. The van der Waals surface area contributed by atoms with Crippen molar-refractivity contribution in [2.45, 2.75) is 33.2 Å². The molecule has 0 aliphatic carbocycles.